The second kappa shape index (κ2) is 6.00. The van der Waals surface area contributed by atoms with Gasteiger partial charge in [-0.25, -0.2) is 0 Å². The Morgan fingerprint density at radius 3 is 3.00 bits per heavy atom. The molecule has 0 aliphatic carbocycles. The number of nitrogens with zero attached hydrogens (tertiary/aromatic N) is 3. The zero-order valence-electron chi connectivity index (χ0n) is 11.9. The number of hydrogen-bond acceptors (Lipinski definition) is 6. The standard InChI is InChI=1S/C14H21N3O3S/c18-7-11(19)5-16-3-1-2-14(8-16)9-17(13(14)20)6-12-4-15-10-21-12/h4,10-11,18-19H,1-3,5-9H2/t11-,14+/m1/s1. The Morgan fingerprint density at radius 1 is 1.48 bits per heavy atom. The molecule has 6 nitrogen and oxygen atoms in total. The van der Waals surface area contributed by atoms with E-state index in [2.05, 4.69) is 9.88 Å². The molecule has 7 heteroatoms. The molecule has 0 aromatic carbocycles. The molecule has 1 aromatic heterocycles. The molecule has 116 valence electrons. The van der Waals surface area contributed by atoms with Crippen molar-refractivity contribution in [3.63, 3.8) is 0 Å². The molecular weight excluding hydrogens is 290 g/mol. The summed E-state index contributed by atoms with van der Waals surface area (Å²) in [5.41, 5.74) is 1.52. The number of β-lactam (4-membered cyclic amide) rings is 1. The third-order valence-electron chi connectivity index (χ3n) is 4.40. The van der Waals surface area contributed by atoms with Gasteiger partial charge < -0.3 is 15.1 Å². The van der Waals surface area contributed by atoms with Crippen molar-refractivity contribution in [2.75, 3.05) is 32.8 Å². The molecule has 1 amide bonds. The van der Waals surface area contributed by atoms with Crippen LogP contribution in [-0.2, 0) is 11.3 Å². The van der Waals surface area contributed by atoms with Crippen molar-refractivity contribution < 1.29 is 15.0 Å². The van der Waals surface area contributed by atoms with Gasteiger partial charge in [0.15, 0.2) is 0 Å². The van der Waals surface area contributed by atoms with Crippen LogP contribution in [-0.4, -0.2) is 69.8 Å². The first-order chi connectivity index (χ1) is 10.1. The van der Waals surface area contributed by atoms with E-state index in [-0.39, 0.29) is 17.9 Å². The lowest BCUT2D eigenvalue weighted by Gasteiger charge is -2.53. The minimum atomic E-state index is -0.719. The monoisotopic (exact) mass is 311 g/mol. The molecule has 1 aromatic rings. The lowest BCUT2D eigenvalue weighted by atomic mass is 9.72. The van der Waals surface area contributed by atoms with Gasteiger partial charge in [-0.2, -0.15) is 0 Å². The molecule has 2 saturated heterocycles. The van der Waals surface area contributed by atoms with Gasteiger partial charge in [0.25, 0.3) is 0 Å². The van der Waals surface area contributed by atoms with E-state index in [4.69, 9.17) is 5.11 Å². The molecule has 0 unspecified atom stereocenters. The summed E-state index contributed by atoms with van der Waals surface area (Å²) in [5.74, 6) is 0.221. The molecule has 2 N–H and O–H groups in total. The SMILES string of the molecule is O=C1N(Cc2cncs2)C[C@@]12CCCN(C[C@@H](O)CO)C2. The molecule has 0 saturated carbocycles. The maximum Gasteiger partial charge on any atom is 0.232 e. The molecule has 2 atom stereocenters. The van der Waals surface area contributed by atoms with E-state index in [1.807, 2.05) is 11.1 Å². The van der Waals surface area contributed by atoms with Crippen LogP contribution in [0.3, 0.4) is 0 Å². The van der Waals surface area contributed by atoms with Gasteiger partial charge in [0.1, 0.15) is 0 Å². The van der Waals surface area contributed by atoms with Crippen LogP contribution in [0, 0.1) is 5.41 Å². The number of carbonyl (C=O) groups excluding carboxylic acids is 1. The highest BCUT2D eigenvalue weighted by molar-refractivity contribution is 7.09. The molecule has 3 heterocycles. The Bertz CT molecular complexity index is 496. The van der Waals surface area contributed by atoms with Crippen molar-refractivity contribution in [2.45, 2.75) is 25.5 Å². The molecule has 0 radical (unpaired) electrons. The molecule has 2 fully saturated rings. The van der Waals surface area contributed by atoms with E-state index in [0.29, 0.717) is 19.6 Å². The van der Waals surface area contributed by atoms with Crippen LogP contribution in [0.15, 0.2) is 11.7 Å². The normalized spacial score (nSPS) is 27.9. The summed E-state index contributed by atoms with van der Waals surface area (Å²) < 4.78 is 0. The van der Waals surface area contributed by atoms with E-state index in [0.717, 1.165) is 30.8 Å². The number of likely N-dealkylation sites (tertiary alicyclic amines) is 2. The van der Waals surface area contributed by atoms with E-state index < -0.39 is 6.10 Å². The summed E-state index contributed by atoms with van der Waals surface area (Å²) in [4.78, 5) is 21.7. The number of β-amino-alcohol motifs (C(OH)–C–C–N with tert-alkyl or cyclic N) is 1. The zero-order chi connectivity index (χ0) is 14.9. The summed E-state index contributed by atoms with van der Waals surface area (Å²) in [5, 5.41) is 18.5. The number of carbonyl (C=O) groups is 1. The predicted molar refractivity (Wildman–Crippen MR) is 78.7 cm³/mol. The summed E-state index contributed by atoms with van der Waals surface area (Å²) >= 11 is 1.57. The Hall–Kier alpha value is -1.02. The summed E-state index contributed by atoms with van der Waals surface area (Å²) in [6, 6.07) is 0. The lowest BCUT2D eigenvalue weighted by Crippen LogP contribution is -2.66. The summed E-state index contributed by atoms with van der Waals surface area (Å²) in [6.45, 7) is 3.25. The Balaban J connectivity index is 1.57. The Kier molecular flexibility index (Phi) is 4.26. The van der Waals surface area contributed by atoms with Gasteiger partial charge in [-0.3, -0.25) is 14.7 Å². The minimum absolute atomic E-state index is 0.221. The molecule has 3 rings (SSSR count). The molecule has 2 aliphatic rings. The fourth-order valence-electron chi connectivity index (χ4n) is 3.43. The quantitative estimate of drug-likeness (QED) is 0.744. The average molecular weight is 311 g/mol. The minimum Gasteiger partial charge on any atom is -0.394 e. The first-order valence-electron chi connectivity index (χ1n) is 7.31. The Morgan fingerprint density at radius 2 is 2.33 bits per heavy atom. The van der Waals surface area contributed by atoms with Crippen LogP contribution in [0.2, 0.25) is 0 Å². The molecule has 2 aliphatic heterocycles. The third kappa shape index (κ3) is 2.96. The first kappa shape index (κ1) is 14.9. The second-order valence-electron chi connectivity index (χ2n) is 6.08. The van der Waals surface area contributed by atoms with E-state index in [9.17, 15) is 9.90 Å². The summed E-state index contributed by atoms with van der Waals surface area (Å²) in [7, 11) is 0. The van der Waals surface area contributed by atoms with Gasteiger partial charge in [-0.05, 0) is 19.4 Å². The van der Waals surface area contributed by atoms with E-state index >= 15 is 0 Å². The third-order valence-corrected chi connectivity index (χ3v) is 5.16. The van der Waals surface area contributed by atoms with E-state index in [1.54, 1.807) is 16.8 Å². The van der Waals surface area contributed by atoms with Gasteiger partial charge in [0.2, 0.25) is 5.91 Å². The van der Waals surface area contributed by atoms with Gasteiger partial charge in [-0.1, -0.05) is 0 Å². The van der Waals surface area contributed by atoms with Crippen molar-refractivity contribution in [1.82, 2.24) is 14.8 Å². The highest BCUT2D eigenvalue weighted by Crippen LogP contribution is 2.41. The van der Waals surface area contributed by atoms with Crippen molar-refractivity contribution >= 4 is 17.2 Å². The number of amides is 1. The smallest absolute Gasteiger partial charge is 0.232 e. The largest absolute Gasteiger partial charge is 0.394 e. The topological polar surface area (TPSA) is 76.9 Å². The van der Waals surface area contributed by atoms with Crippen LogP contribution in [0.1, 0.15) is 17.7 Å². The second-order valence-corrected chi connectivity index (χ2v) is 7.06. The number of hydrogen-bond donors (Lipinski definition) is 2. The highest BCUT2D eigenvalue weighted by atomic mass is 32.1. The number of aliphatic hydroxyl groups is 2. The van der Waals surface area contributed by atoms with Crippen LogP contribution in [0.25, 0.3) is 0 Å². The zero-order valence-corrected chi connectivity index (χ0v) is 12.8. The van der Waals surface area contributed by atoms with Crippen molar-refractivity contribution in [2.24, 2.45) is 5.41 Å². The van der Waals surface area contributed by atoms with Crippen molar-refractivity contribution in [3.05, 3.63) is 16.6 Å². The van der Waals surface area contributed by atoms with Crippen LogP contribution >= 0.6 is 11.3 Å². The van der Waals surface area contributed by atoms with Crippen LogP contribution in [0.5, 0.6) is 0 Å². The number of thiazole rings is 1. The lowest BCUT2D eigenvalue weighted by molar-refractivity contribution is -0.168. The first-order valence-corrected chi connectivity index (χ1v) is 8.19. The van der Waals surface area contributed by atoms with Crippen molar-refractivity contribution in [3.8, 4) is 0 Å². The number of aliphatic hydroxyl groups excluding tert-OH is 2. The van der Waals surface area contributed by atoms with Crippen LogP contribution < -0.4 is 0 Å². The molecular formula is C14H21N3O3S. The summed E-state index contributed by atoms with van der Waals surface area (Å²) in [6.07, 6.45) is 2.99. The van der Waals surface area contributed by atoms with Crippen LogP contribution in [0.4, 0.5) is 0 Å². The number of rotatable bonds is 5. The van der Waals surface area contributed by atoms with Gasteiger partial charge in [0, 0.05) is 30.7 Å². The number of piperidine rings is 1. The fraction of sp³-hybridized carbons (Fsp3) is 0.714. The highest BCUT2D eigenvalue weighted by Gasteiger charge is 2.53. The predicted octanol–water partition coefficient (Wildman–Crippen LogP) is -0.0793. The average Bonchev–Trinajstić information content (AvgIpc) is 3.00. The molecule has 1 spiro atoms. The maximum atomic E-state index is 12.5. The van der Waals surface area contributed by atoms with Crippen molar-refractivity contribution in [1.29, 1.82) is 0 Å². The fourth-order valence-corrected chi connectivity index (χ4v) is 4.04. The Labute approximate surface area is 128 Å². The van der Waals surface area contributed by atoms with Gasteiger partial charge in [-0.15, -0.1) is 11.3 Å². The molecule has 0 bridgehead atoms. The van der Waals surface area contributed by atoms with E-state index in [1.165, 1.54) is 0 Å². The van der Waals surface area contributed by atoms with Gasteiger partial charge >= 0.3 is 0 Å². The maximum absolute atomic E-state index is 12.5. The molecule has 21 heavy (non-hydrogen) atoms. The number of aromatic nitrogens is 1. The van der Waals surface area contributed by atoms with Gasteiger partial charge in [0.05, 0.1) is 30.2 Å².